The van der Waals surface area contributed by atoms with Gasteiger partial charge in [-0.3, -0.25) is 13.9 Å². The van der Waals surface area contributed by atoms with Crippen LogP contribution in [-0.4, -0.2) is 50.5 Å². The number of sulfonamides is 1. The van der Waals surface area contributed by atoms with Crippen molar-refractivity contribution in [3.8, 4) is 0 Å². The summed E-state index contributed by atoms with van der Waals surface area (Å²) in [5.74, 6) is -0.802. The topological polar surface area (TPSA) is 86.8 Å². The summed E-state index contributed by atoms with van der Waals surface area (Å²) in [5.41, 5.74) is 1.71. The van der Waals surface area contributed by atoms with E-state index in [0.717, 1.165) is 16.1 Å². The number of benzene rings is 2. The SMILES string of the molecule is CCNC(=O)C(C)N(Cc1ccccc1)C(=O)CN(c1cccc(Cl)c1C)S(C)(=O)=O. The van der Waals surface area contributed by atoms with Gasteiger partial charge in [0.05, 0.1) is 11.9 Å². The number of likely N-dealkylation sites (N-methyl/N-ethyl adjacent to an activating group) is 1. The minimum absolute atomic E-state index is 0.171. The molecule has 168 valence electrons. The summed E-state index contributed by atoms with van der Waals surface area (Å²) in [6.45, 7) is 5.26. The van der Waals surface area contributed by atoms with E-state index in [1.54, 1.807) is 39.0 Å². The molecule has 0 aliphatic rings. The molecule has 2 aromatic rings. The molecule has 2 aromatic carbocycles. The number of carbonyl (C=O) groups is 2. The molecular formula is C22H28ClN3O4S. The van der Waals surface area contributed by atoms with Crippen LogP contribution in [0.15, 0.2) is 48.5 Å². The molecule has 0 aromatic heterocycles. The first-order valence-electron chi connectivity index (χ1n) is 9.90. The molecule has 0 aliphatic heterocycles. The molecule has 1 N–H and O–H groups in total. The van der Waals surface area contributed by atoms with Crippen LogP contribution >= 0.6 is 11.6 Å². The summed E-state index contributed by atoms with van der Waals surface area (Å²) in [6, 6.07) is 13.3. The molecule has 1 atom stereocenters. The first kappa shape index (κ1) is 24.7. The maximum atomic E-state index is 13.3. The maximum Gasteiger partial charge on any atom is 0.244 e. The highest BCUT2D eigenvalue weighted by Crippen LogP contribution is 2.28. The maximum absolute atomic E-state index is 13.3. The van der Waals surface area contributed by atoms with E-state index in [9.17, 15) is 18.0 Å². The van der Waals surface area contributed by atoms with Crippen molar-refractivity contribution >= 4 is 39.1 Å². The predicted molar refractivity (Wildman–Crippen MR) is 124 cm³/mol. The summed E-state index contributed by atoms with van der Waals surface area (Å²) < 4.78 is 26.1. The van der Waals surface area contributed by atoms with Gasteiger partial charge in [-0.25, -0.2) is 8.42 Å². The minimum atomic E-state index is -3.79. The van der Waals surface area contributed by atoms with E-state index in [2.05, 4.69) is 5.32 Å². The Hall–Kier alpha value is -2.58. The Kier molecular flexibility index (Phi) is 8.47. The number of nitrogens with one attached hydrogen (secondary N) is 1. The fraction of sp³-hybridized carbons (Fsp3) is 0.364. The van der Waals surface area contributed by atoms with Gasteiger partial charge in [0.25, 0.3) is 0 Å². The lowest BCUT2D eigenvalue weighted by Crippen LogP contribution is -2.51. The molecule has 0 aliphatic carbocycles. The molecule has 0 bridgehead atoms. The van der Waals surface area contributed by atoms with Crippen LogP contribution in [0, 0.1) is 6.92 Å². The second kappa shape index (κ2) is 10.6. The number of hydrogen-bond acceptors (Lipinski definition) is 4. The summed E-state index contributed by atoms with van der Waals surface area (Å²) >= 11 is 6.17. The third-order valence-electron chi connectivity index (χ3n) is 4.90. The molecule has 0 spiro atoms. The number of hydrogen-bond donors (Lipinski definition) is 1. The average Bonchev–Trinajstić information content (AvgIpc) is 2.72. The normalized spacial score (nSPS) is 12.2. The van der Waals surface area contributed by atoms with Crippen LogP contribution in [0.3, 0.4) is 0 Å². The van der Waals surface area contributed by atoms with Crippen molar-refractivity contribution in [2.45, 2.75) is 33.4 Å². The van der Waals surface area contributed by atoms with Gasteiger partial charge in [0, 0.05) is 18.1 Å². The fourth-order valence-corrected chi connectivity index (χ4v) is 4.22. The summed E-state index contributed by atoms with van der Waals surface area (Å²) in [7, 11) is -3.79. The van der Waals surface area contributed by atoms with Crippen LogP contribution in [0.4, 0.5) is 5.69 Å². The molecule has 1 unspecified atom stereocenters. The highest BCUT2D eigenvalue weighted by atomic mass is 35.5. The largest absolute Gasteiger partial charge is 0.355 e. The third-order valence-corrected chi connectivity index (χ3v) is 6.44. The molecule has 0 radical (unpaired) electrons. The van der Waals surface area contributed by atoms with E-state index in [-0.39, 0.29) is 12.5 Å². The Morgan fingerprint density at radius 2 is 1.74 bits per heavy atom. The Labute approximate surface area is 189 Å². The van der Waals surface area contributed by atoms with Crippen LogP contribution < -0.4 is 9.62 Å². The predicted octanol–water partition coefficient (Wildman–Crippen LogP) is 2.97. The molecule has 7 nitrogen and oxygen atoms in total. The average molecular weight is 466 g/mol. The van der Waals surface area contributed by atoms with Gasteiger partial charge in [-0.05, 0) is 44.0 Å². The van der Waals surface area contributed by atoms with Gasteiger partial charge >= 0.3 is 0 Å². The molecule has 0 saturated carbocycles. The molecule has 31 heavy (non-hydrogen) atoms. The van der Waals surface area contributed by atoms with Crippen molar-refractivity contribution in [1.29, 1.82) is 0 Å². The van der Waals surface area contributed by atoms with E-state index in [0.29, 0.717) is 22.8 Å². The fourth-order valence-electron chi connectivity index (χ4n) is 3.15. The van der Waals surface area contributed by atoms with Crippen molar-refractivity contribution in [1.82, 2.24) is 10.2 Å². The van der Waals surface area contributed by atoms with E-state index in [1.807, 2.05) is 30.3 Å². The quantitative estimate of drug-likeness (QED) is 0.616. The lowest BCUT2D eigenvalue weighted by Gasteiger charge is -2.32. The van der Waals surface area contributed by atoms with Crippen molar-refractivity contribution < 1.29 is 18.0 Å². The van der Waals surface area contributed by atoms with Crippen molar-refractivity contribution in [2.75, 3.05) is 23.7 Å². The molecule has 0 fully saturated rings. The summed E-state index contributed by atoms with van der Waals surface area (Å²) in [6.07, 6.45) is 1.04. The van der Waals surface area contributed by atoms with Crippen LogP contribution in [-0.2, 0) is 26.2 Å². The molecule has 0 saturated heterocycles. The van der Waals surface area contributed by atoms with Crippen LogP contribution in [0.5, 0.6) is 0 Å². The number of nitrogens with zero attached hydrogens (tertiary/aromatic N) is 2. The second-order valence-electron chi connectivity index (χ2n) is 7.23. The van der Waals surface area contributed by atoms with E-state index < -0.39 is 28.5 Å². The van der Waals surface area contributed by atoms with Gasteiger partial charge in [-0.2, -0.15) is 0 Å². The van der Waals surface area contributed by atoms with Gasteiger partial charge < -0.3 is 10.2 Å². The first-order chi connectivity index (χ1) is 14.6. The van der Waals surface area contributed by atoms with Crippen molar-refractivity contribution in [3.63, 3.8) is 0 Å². The van der Waals surface area contributed by atoms with Crippen LogP contribution in [0.2, 0.25) is 5.02 Å². The van der Waals surface area contributed by atoms with E-state index in [1.165, 1.54) is 4.90 Å². The molecule has 0 heterocycles. The summed E-state index contributed by atoms with van der Waals surface area (Å²) in [5, 5.41) is 3.11. The Balaban J connectivity index is 2.41. The zero-order valence-electron chi connectivity index (χ0n) is 18.1. The van der Waals surface area contributed by atoms with Gasteiger partial charge in [0.2, 0.25) is 21.8 Å². The lowest BCUT2D eigenvalue weighted by molar-refractivity contribution is -0.139. The Morgan fingerprint density at radius 1 is 1.10 bits per heavy atom. The van der Waals surface area contributed by atoms with E-state index in [4.69, 9.17) is 11.6 Å². The smallest absolute Gasteiger partial charge is 0.244 e. The standard InChI is InChI=1S/C22H28ClN3O4S/c1-5-24-22(28)17(3)25(14-18-10-7-6-8-11-18)21(27)15-26(31(4,29)30)20-13-9-12-19(23)16(20)2/h6-13,17H,5,14-15H2,1-4H3,(H,24,28). The monoisotopic (exact) mass is 465 g/mol. The molecular weight excluding hydrogens is 438 g/mol. The van der Waals surface area contributed by atoms with Gasteiger partial charge in [-0.1, -0.05) is 48.0 Å². The van der Waals surface area contributed by atoms with Gasteiger partial charge in [-0.15, -0.1) is 0 Å². The molecule has 2 rings (SSSR count). The molecule has 2 amide bonds. The second-order valence-corrected chi connectivity index (χ2v) is 9.55. The van der Waals surface area contributed by atoms with Crippen LogP contribution in [0.25, 0.3) is 0 Å². The first-order valence-corrected chi connectivity index (χ1v) is 12.1. The van der Waals surface area contributed by atoms with Crippen LogP contribution in [0.1, 0.15) is 25.0 Å². The zero-order valence-corrected chi connectivity index (χ0v) is 19.7. The highest BCUT2D eigenvalue weighted by molar-refractivity contribution is 7.92. The number of carbonyl (C=O) groups excluding carboxylic acids is 2. The van der Waals surface area contributed by atoms with Crippen molar-refractivity contribution in [2.24, 2.45) is 0 Å². The highest BCUT2D eigenvalue weighted by Gasteiger charge is 2.30. The minimum Gasteiger partial charge on any atom is -0.355 e. The number of anilines is 1. The van der Waals surface area contributed by atoms with E-state index >= 15 is 0 Å². The van der Waals surface area contributed by atoms with Gasteiger partial charge in [0.1, 0.15) is 12.6 Å². The number of rotatable bonds is 9. The molecule has 9 heteroatoms. The van der Waals surface area contributed by atoms with Crippen molar-refractivity contribution in [3.05, 3.63) is 64.7 Å². The number of halogens is 1. The van der Waals surface area contributed by atoms with Gasteiger partial charge in [0.15, 0.2) is 0 Å². The Bertz CT molecular complexity index is 1030. The summed E-state index contributed by atoms with van der Waals surface area (Å²) in [4.78, 5) is 27.2. The zero-order chi connectivity index (χ0) is 23.2. The third kappa shape index (κ3) is 6.45. The lowest BCUT2D eigenvalue weighted by atomic mass is 10.1. The number of amides is 2. The Morgan fingerprint density at radius 3 is 2.32 bits per heavy atom.